The van der Waals surface area contributed by atoms with Gasteiger partial charge in [0.2, 0.25) is 0 Å². The summed E-state index contributed by atoms with van der Waals surface area (Å²) in [6.45, 7) is 2.05. The molecule has 1 rings (SSSR count). The van der Waals surface area contributed by atoms with Gasteiger partial charge in [-0.25, -0.2) is 0 Å². The van der Waals surface area contributed by atoms with Gasteiger partial charge in [-0.2, -0.15) is 0 Å². The van der Waals surface area contributed by atoms with Crippen LogP contribution in [0.4, 0.5) is 0 Å². The molecule has 2 atom stereocenters. The van der Waals surface area contributed by atoms with Gasteiger partial charge in [0, 0.05) is 7.11 Å². The number of methoxy groups -OCH3 is 2. The van der Waals surface area contributed by atoms with Crippen LogP contribution in [0.5, 0.6) is 0 Å². The molecule has 0 amide bonds. The Morgan fingerprint density at radius 2 is 2.17 bits per heavy atom. The smallest absolute Gasteiger partial charge is 0.150 e. The average Bonchev–Trinajstić information content (AvgIpc) is 2.10. The van der Waals surface area contributed by atoms with Crippen molar-refractivity contribution in [2.75, 3.05) is 14.2 Å². The molecule has 0 N–H and O–H groups in total. The van der Waals surface area contributed by atoms with Crippen molar-refractivity contribution in [3.05, 3.63) is 24.0 Å². The Morgan fingerprint density at radius 1 is 1.50 bits per heavy atom. The molecule has 0 aromatic carbocycles. The van der Waals surface area contributed by atoms with Crippen LogP contribution >= 0.6 is 15.9 Å². The van der Waals surface area contributed by atoms with E-state index in [2.05, 4.69) is 22.9 Å². The van der Waals surface area contributed by atoms with E-state index in [-0.39, 0.29) is 5.92 Å². The number of rotatable bonds is 2. The quantitative estimate of drug-likeness (QED) is 0.682. The van der Waals surface area contributed by atoms with Crippen molar-refractivity contribution in [2.45, 2.75) is 11.4 Å². The number of hydrogen-bond acceptors (Lipinski definition) is 2. The molecular weight excluding hydrogens is 220 g/mol. The van der Waals surface area contributed by atoms with Crippen LogP contribution < -0.4 is 0 Å². The van der Waals surface area contributed by atoms with E-state index >= 15 is 0 Å². The fraction of sp³-hybridized carbons (Fsp3) is 0.556. The zero-order chi connectivity index (χ0) is 9.19. The van der Waals surface area contributed by atoms with Crippen molar-refractivity contribution >= 4 is 15.9 Å². The Kier molecular flexibility index (Phi) is 2.96. The number of alkyl halides is 1. The highest BCUT2D eigenvalue weighted by Crippen LogP contribution is 2.37. The lowest BCUT2D eigenvalue weighted by molar-refractivity contribution is 0.0605. The molecule has 0 fully saturated rings. The molecule has 0 aromatic rings. The largest absolute Gasteiger partial charge is 0.501 e. The van der Waals surface area contributed by atoms with E-state index in [0.29, 0.717) is 0 Å². The van der Waals surface area contributed by atoms with Crippen LogP contribution in [-0.4, -0.2) is 18.7 Å². The van der Waals surface area contributed by atoms with Gasteiger partial charge in [0.1, 0.15) is 5.76 Å². The van der Waals surface area contributed by atoms with Gasteiger partial charge in [0.15, 0.2) is 4.51 Å². The summed E-state index contributed by atoms with van der Waals surface area (Å²) in [6, 6.07) is 0. The van der Waals surface area contributed by atoms with Gasteiger partial charge in [-0.1, -0.05) is 13.0 Å². The molecule has 2 unspecified atom stereocenters. The third-order valence-electron chi connectivity index (χ3n) is 2.15. The minimum absolute atomic E-state index is 0.192. The van der Waals surface area contributed by atoms with Gasteiger partial charge in [-0.05, 0) is 28.1 Å². The number of hydrogen-bond donors (Lipinski definition) is 0. The minimum Gasteiger partial charge on any atom is -0.501 e. The molecule has 0 bridgehead atoms. The second-order valence-electron chi connectivity index (χ2n) is 2.76. The van der Waals surface area contributed by atoms with Crippen LogP contribution in [0.25, 0.3) is 0 Å². The van der Waals surface area contributed by atoms with Gasteiger partial charge in [-0.3, -0.25) is 0 Å². The lowest BCUT2D eigenvalue weighted by atomic mass is 9.97. The van der Waals surface area contributed by atoms with Crippen LogP contribution in [0.1, 0.15) is 6.92 Å². The van der Waals surface area contributed by atoms with E-state index in [4.69, 9.17) is 9.47 Å². The second-order valence-corrected chi connectivity index (χ2v) is 4.00. The maximum Gasteiger partial charge on any atom is 0.150 e. The molecule has 0 heterocycles. The SMILES string of the molecule is COC1=CC=CC(Br)(OC)C1C. The first-order valence-corrected chi connectivity index (χ1v) is 4.61. The summed E-state index contributed by atoms with van der Waals surface area (Å²) in [6.07, 6.45) is 5.85. The van der Waals surface area contributed by atoms with Crippen LogP contribution in [0.2, 0.25) is 0 Å². The fourth-order valence-corrected chi connectivity index (χ4v) is 1.62. The summed E-state index contributed by atoms with van der Waals surface area (Å²) >= 11 is 3.51. The number of allylic oxidation sites excluding steroid dienone is 2. The van der Waals surface area contributed by atoms with Crippen LogP contribution in [-0.2, 0) is 9.47 Å². The molecule has 0 saturated heterocycles. The Balaban J connectivity index is 2.87. The molecule has 0 radical (unpaired) electrons. The van der Waals surface area contributed by atoms with Crippen molar-refractivity contribution < 1.29 is 9.47 Å². The van der Waals surface area contributed by atoms with Gasteiger partial charge in [0.05, 0.1) is 13.0 Å². The van der Waals surface area contributed by atoms with E-state index in [1.807, 2.05) is 18.2 Å². The monoisotopic (exact) mass is 232 g/mol. The Bertz CT molecular complexity index is 223. The Labute approximate surface area is 81.4 Å². The van der Waals surface area contributed by atoms with Gasteiger partial charge < -0.3 is 9.47 Å². The zero-order valence-electron chi connectivity index (χ0n) is 7.50. The summed E-state index contributed by atoms with van der Waals surface area (Å²) in [5.74, 6) is 1.12. The lowest BCUT2D eigenvalue weighted by Gasteiger charge is -2.32. The molecule has 3 heteroatoms. The molecule has 1 aliphatic rings. The third-order valence-corrected chi connectivity index (χ3v) is 3.42. The fourth-order valence-electron chi connectivity index (χ4n) is 1.25. The predicted molar refractivity (Wildman–Crippen MR) is 52.1 cm³/mol. The zero-order valence-corrected chi connectivity index (χ0v) is 9.09. The summed E-state index contributed by atoms with van der Waals surface area (Å²) in [4.78, 5) is 0. The predicted octanol–water partition coefficient (Wildman–Crippen LogP) is 2.46. The summed E-state index contributed by atoms with van der Waals surface area (Å²) in [7, 11) is 3.35. The maximum atomic E-state index is 5.33. The minimum atomic E-state index is -0.410. The summed E-state index contributed by atoms with van der Waals surface area (Å²) in [5, 5.41) is 0. The van der Waals surface area contributed by atoms with E-state index < -0.39 is 4.51 Å². The molecule has 12 heavy (non-hydrogen) atoms. The standard InChI is InChI=1S/C9H13BrO2/c1-7-8(11-2)5-4-6-9(7,10)12-3/h4-7H,1-3H3. The molecule has 1 aliphatic carbocycles. The molecule has 0 spiro atoms. The number of halogens is 1. The summed E-state index contributed by atoms with van der Waals surface area (Å²) < 4.78 is 10.1. The molecule has 0 aliphatic heterocycles. The molecule has 2 nitrogen and oxygen atoms in total. The van der Waals surface area contributed by atoms with E-state index in [1.165, 1.54) is 0 Å². The normalized spacial score (nSPS) is 34.7. The van der Waals surface area contributed by atoms with Crippen molar-refractivity contribution in [2.24, 2.45) is 5.92 Å². The first-order chi connectivity index (χ1) is 5.64. The van der Waals surface area contributed by atoms with E-state index in [0.717, 1.165) is 5.76 Å². The van der Waals surface area contributed by atoms with E-state index in [9.17, 15) is 0 Å². The molecule has 0 aromatic heterocycles. The number of ether oxygens (including phenoxy) is 2. The van der Waals surface area contributed by atoms with Gasteiger partial charge in [0.25, 0.3) is 0 Å². The van der Waals surface area contributed by atoms with Gasteiger partial charge >= 0.3 is 0 Å². The highest BCUT2D eigenvalue weighted by molar-refractivity contribution is 9.10. The average molecular weight is 233 g/mol. The molecule has 0 saturated carbocycles. The second kappa shape index (κ2) is 3.62. The molecular formula is C9H13BrO2. The molecule has 68 valence electrons. The highest BCUT2D eigenvalue weighted by atomic mass is 79.9. The Morgan fingerprint density at radius 3 is 2.67 bits per heavy atom. The van der Waals surface area contributed by atoms with Crippen LogP contribution in [0.3, 0.4) is 0 Å². The van der Waals surface area contributed by atoms with E-state index in [1.54, 1.807) is 14.2 Å². The third kappa shape index (κ3) is 1.57. The van der Waals surface area contributed by atoms with Crippen molar-refractivity contribution in [3.63, 3.8) is 0 Å². The summed E-state index contributed by atoms with van der Waals surface area (Å²) in [5.41, 5.74) is 0. The van der Waals surface area contributed by atoms with Crippen molar-refractivity contribution in [1.29, 1.82) is 0 Å². The first kappa shape index (κ1) is 9.81. The lowest BCUT2D eigenvalue weighted by Crippen LogP contribution is -2.32. The van der Waals surface area contributed by atoms with Crippen LogP contribution in [0.15, 0.2) is 24.0 Å². The van der Waals surface area contributed by atoms with Gasteiger partial charge in [-0.15, -0.1) is 0 Å². The first-order valence-electron chi connectivity index (χ1n) is 3.81. The van der Waals surface area contributed by atoms with Crippen molar-refractivity contribution in [1.82, 2.24) is 0 Å². The van der Waals surface area contributed by atoms with Crippen LogP contribution in [0, 0.1) is 5.92 Å². The highest BCUT2D eigenvalue weighted by Gasteiger charge is 2.35. The van der Waals surface area contributed by atoms with Crippen molar-refractivity contribution in [3.8, 4) is 0 Å². The Hall–Kier alpha value is -0.280. The maximum absolute atomic E-state index is 5.33. The topological polar surface area (TPSA) is 18.5 Å².